The molecule has 6 aromatic rings. The van der Waals surface area contributed by atoms with Crippen molar-refractivity contribution < 1.29 is 30.5 Å². The smallest absolute Gasteiger partial charge is 0.514 e. The van der Waals surface area contributed by atoms with Crippen molar-refractivity contribution in [2.24, 2.45) is 4.99 Å². The Morgan fingerprint density at radius 1 is 0.795 bits per heavy atom. The van der Waals surface area contributed by atoms with E-state index in [1.165, 1.54) is 11.1 Å². The first-order valence-electron chi connectivity index (χ1n) is 12.7. The van der Waals surface area contributed by atoms with Crippen LogP contribution in [0.4, 0.5) is 0 Å². The van der Waals surface area contributed by atoms with Crippen LogP contribution >= 0.6 is 0 Å². The van der Waals surface area contributed by atoms with Crippen LogP contribution in [0, 0.1) is 12.1 Å². The average Bonchev–Trinajstić information content (AvgIpc) is 3.63. The molecule has 0 radical (unpaired) electrons. The van der Waals surface area contributed by atoms with Gasteiger partial charge >= 0.3 is 21.1 Å². The molecular weight excluding hydrogens is 665 g/mol. The number of pyridine rings is 1. The van der Waals surface area contributed by atoms with Crippen molar-refractivity contribution in [2.75, 3.05) is 0 Å². The molecular formula is C33H21N3O2Pt. The minimum atomic E-state index is 0. The molecule has 39 heavy (non-hydrogen) atoms. The van der Waals surface area contributed by atoms with Crippen LogP contribution in [0.5, 0.6) is 11.5 Å². The molecule has 0 spiro atoms. The molecule has 2 aromatic heterocycles. The van der Waals surface area contributed by atoms with Crippen molar-refractivity contribution in [3.63, 3.8) is 0 Å². The van der Waals surface area contributed by atoms with Crippen molar-refractivity contribution in [3.8, 4) is 17.3 Å². The summed E-state index contributed by atoms with van der Waals surface area (Å²) in [7, 11) is 0. The maximum absolute atomic E-state index is 6.27. The van der Waals surface area contributed by atoms with Gasteiger partial charge in [-0.1, -0.05) is 65.7 Å². The minimum Gasteiger partial charge on any atom is -0.514 e. The van der Waals surface area contributed by atoms with Gasteiger partial charge in [-0.3, -0.25) is 4.99 Å². The molecule has 8 rings (SSSR count). The van der Waals surface area contributed by atoms with E-state index in [9.17, 15) is 0 Å². The number of nitrogens with zero attached hydrogens (tertiary/aromatic N) is 3. The number of rotatable bonds is 4. The molecule has 1 aliphatic heterocycles. The van der Waals surface area contributed by atoms with E-state index in [0.717, 1.165) is 39.6 Å². The summed E-state index contributed by atoms with van der Waals surface area (Å²) in [5.41, 5.74) is 5.35. The monoisotopic (exact) mass is 686 g/mol. The van der Waals surface area contributed by atoms with E-state index in [1.807, 2.05) is 48.5 Å². The van der Waals surface area contributed by atoms with Gasteiger partial charge in [0.1, 0.15) is 23.9 Å². The maximum Gasteiger partial charge on any atom is 2.00 e. The molecule has 6 heteroatoms. The Kier molecular flexibility index (Phi) is 5.82. The van der Waals surface area contributed by atoms with Gasteiger partial charge in [-0.2, -0.15) is 6.07 Å². The van der Waals surface area contributed by atoms with Crippen LogP contribution in [0.1, 0.15) is 22.7 Å². The number of hydrogen-bond acceptors (Lipinski definition) is 4. The molecule has 5 nitrogen and oxygen atoms in total. The Labute approximate surface area is 240 Å². The normalized spacial score (nSPS) is 17.3. The van der Waals surface area contributed by atoms with Crippen LogP contribution in [-0.2, 0) is 32.2 Å². The summed E-state index contributed by atoms with van der Waals surface area (Å²) in [6.45, 7) is 0. The third kappa shape index (κ3) is 3.97. The van der Waals surface area contributed by atoms with Gasteiger partial charge in [-0.15, -0.1) is 35.7 Å². The van der Waals surface area contributed by atoms with E-state index in [-0.39, 0.29) is 33.2 Å². The van der Waals surface area contributed by atoms with Gasteiger partial charge < -0.3 is 14.0 Å². The fourth-order valence-corrected chi connectivity index (χ4v) is 5.64. The largest absolute Gasteiger partial charge is 2.00 e. The van der Waals surface area contributed by atoms with Gasteiger partial charge in [0, 0.05) is 29.6 Å². The Bertz CT molecular complexity index is 1880. The molecule has 0 unspecified atom stereocenters. The molecule has 4 aromatic carbocycles. The first-order chi connectivity index (χ1) is 18.8. The first kappa shape index (κ1) is 23.9. The Morgan fingerprint density at radius 2 is 1.64 bits per heavy atom. The molecule has 0 N–H and O–H groups in total. The fourth-order valence-electron chi connectivity index (χ4n) is 5.64. The van der Waals surface area contributed by atoms with E-state index < -0.39 is 0 Å². The number of para-hydroxylation sites is 1. The Morgan fingerprint density at radius 3 is 2.56 bits per heavy atom. The van der Waals surface area contributed by atoms with Crippen LogP contribution < -0.4 is 4.74 Å². The third-order valence-corrected chi connectivity index (χ3v) is 7.32. The number of ether oxygens (including phenoxy) is 2. The summed E-state index contributed by atoms with van der Waals surface area (Å²) in [6.07, 6.45) is 2.73. The van der Waals surface area contributed by atoms with Crippen molar-refractivity contribution >= 4 is 27.7 Å². The molecule has 0 saturated carbocycles. The van der Waals surface area contributed by atoms with E-state index in [4.69, 9.17) is 14.5 Å². The topological polar surface area (TPSA) is 48.6 Å². The van der Waals surface area contributed by atoms with Gasteiger partial charge in [0.2, 0.25) is 0 Å². The van der Waals surface area contributed by atoms with Crippen LogP contribution in [0.15, 0.2) is 108 Å². The van der Waals surface area contributed by atoms with Gasteiger partial charge in [0.05, 0.1) is 0 Å². The minimum absolute atomic E-state index is 0. The van der Waals surface area contributed by atoms with E-state index >= 15 is 0 Å². The number of hydrogen-bond donors (Lipinski definition) is 0. The molecule has 0 amide bonds. The van der Waals surface area contributed by atoms with Gasteiger partial charge in [0.25, 0.3) is 0 Å². The molecule has 0 saturated heterocycles. The quantitative estimate of drug-likeness (QED) is 0.188. The van der Waals surface area contributed by atoms with Gasteiger partial charge in [-0.25, -0.2) is 4.98 Å². The number of fused-ring (bicyclic) bond motifs is 6. The predicted octanol–water partition coefficient (Wildman–Crippen LogP) is 7.01. The third-order valence-electron chi connectivity index (χ3n) is 7.32. The molecule has 2 aliphatic rings. The van der Waals surface area contributed by atoms with Crippen molar-refractivity contribution in [2.45, 2.75) is 18.6 Å². The Hall–Kier alpha value is -4.21. The molecule has 3 heterocycles. The summed E-state index contributed by atoms with van der Waals surface area (Å²) in [5.74, 6) is 2.65. The second-order valence-corrected chi connectivity index (χ2v) is 9.59. The fraction of sp³-hybridized carbons (Fsp3) is 0.0909. The van der Waals surface area contributed by atoms with Crippen molar-refractivity contribution in [1.29, 1.82) is 0 Å². The SMILES string of the molecule is [Pt+2].[c-]1c(Oc2[c-]c3c(cc2)c2ccccc2n3-c2ccccn2)cccc1C1=N[C@H]2c3ccccc3C[C@H]2O1. The van der Waals surface area contributed by atoms with Gasteiger partial charge in [-0.05, 0) is 34.7 Å². The van der Waals surface area contributed by atoms with Crippen LogP contribution in [0.2, 0.25) is 0 Å². The molecule has 0 fully saturated rings. The predicted molar refractivity (Wildman–Crippen MR) is 147 cm³/mol. The summed E-state index contributed by atoms with van der Waals surface area (Å²) in [5, 5.41) is 2.24. The molecule has 190 valence electrons. The van der Waals surface area contributed by atoms with E-state index in [1.54, 1.807) is 6.20 Å². The van der Waals surface area contributed by atoms with Crippen molar-refractivity contribution in [3.05, 3.63) is 132 Å². The summed E-state index contributed by atoms with van der Waals surface area (Å²) < 4.78 is 14.6. The summed E-state index contributed by atoms with van der Waals surface area (Å²) >= 11 is 0. The van der Waals surface area contributed by atoms with Crippen LogP contribution in [-0.4, -0.2) is 21.6 Å². The summed E-state index contributed by atoms with van der Waals surface area (Å²) in [6, 6.07) is 39.4. The molecule has 1 aliphatic carbocycles. The summed E-state index contributed by atoms with van der Waals surface area (Å²) in [4.78, 5) is 9.51. The van der Waals surface area contributed by atoms with Gasteiger partial charge in [0.15, 0.2) is 0 Å². The zero-order valence-corrected chi connectivity index (χ0v) is 22.9. The van der Waals surface area contributed by atoms with E-state index in [2.05, 4.69) is 70.2 Å². The molecule has 2 atom stereocenters. The average molecular weight is 687 g/mol. The number of aromatic nitrogens is 2. The second kappa shape index (κ2) is 9.51. The van der Waals surface area contributed by atoms with Crippen LogP contribution in [0.3, 0.4) is 0 Å². The standard InChI is InChI=1S/C33H21N3O2.Pt/c1-2-11-25-21(8-1)19-30-32(25)35-33(38-30)22-9-7-10-23(18-22)37-24-15-16-27-26-12-3-4-13-28(26)36(29(27)20-24)31-14-5-6-17-34-31;/h1-17,30,32H,19H2;/q-2;+2/t30-,32+;/m1./s1. The Balaban J connectivity index is 0.00000253. The number of benzene rings is 4. The second-order valence-electron chi connectivity index (χ2n) is 9.59. The van der Waals surface area contributed by atoms with Crippen LogP contribution in [0.25, 0.3) is 27.6 Å². The zero-order valence-electron chi connectivity index (χ0n) is 20.7. The first-order valence-corrected chi connectivity index (χ1v) is 12.7. The van der Waals surface area contributed by atoms with E-state index in [0.29, 0.717) is 17.4 Å². The molecule has 0 bridgehead atoms. The maximum atomic E-state index is 6.27. The zero-order chi connectivity index (χ0) is 25.1. The number of aliphatic imine (C=N–C) groups is 1. The van der Waals surface area contributed by atoms with Crippen molar-refractivity contribution in [1.82, 2.24) is 9.55 Å².